The van der Waals surface area contributed by atoms with E-state index < -0.39 is 0 Å². The van der Waals surface area contributed by atoms with Crippen LogP contribution in [0.1, 0.15) is 163 Å². The largest absolute Gasteiger partial charge is 0.685 e. The second-order valence-electron chi connectivity index (χ2n) is 19.1. The molecule has 5 heteroatoms. The van der Waals surface area contributed by atoms with Crippen molar-refractivity contribution in [3.05, 3.63) is 94.6 Å². The number of benzene rings is 3. The summed E-state index contributed by atoms with van der Waals surface area (Å²) in [4.78, 5) is 17.4. The fourth-order valence-corrected chi connectivity index (χ4v) is 10.5. The van der Waals surface area contributed by atoms with Crippen LogP contribution in [0.3, 0.4) is 0 Å². The normalized spacial score (nSPS) is 17.0. The number of thiophene rings is 1. The summed E-state index contributed by atoms with van der Waals surface area (Å²) in [5.41, 5.74) is 8.08. The van der Waals surface area contributed by atoms with Gasteiger partial charge >= 0.3 is 0 Å². The smallest absolute Gasteiger partial charge is 0.157 e. The molecule has 0 unspecified atom stereocenters. The maximum absolute atomic E-state index is 12.5. The Kier molecular flexibility index (Phi) is 14.8. The molecule has 1 saturated carbocycles. The molecule has 0 N–H and O–H groups in total. The number of ketones is 1. The van der Waals surface area contributed by atoms with Gasteiger partial charge in [-0.1, -0.05) is 150 Å². The quantitative estimate of drug-likeness (QED) is 0.103. The first kappa shape index (κ1) is 45.2. The standard InChI is InChI=1S/C33H34NS.C19H35NO.Ir/c1-31(2,3)25-17-21(16-20-10-8-9-11-22(20)25)29-30-23(12-15-34-29)24-18-26-27(19-28(24)35-30)33(6,7)14-13-32(26,4)5;1-5-15(6-2)18(14-19(21)16(7-3)8-4)20-17-12-10-9-11-13-17;/h8-12,15,17-19H,13-14H2,1-7H3;14-17H,5-13H2,1-4H3,(H,20,21);/q-1;;/p-1. The van der Waals surface area contributed by atoms with Gasteiger partial charge in [0.15, 0.2) is 5.78 Å². The Labute approximate surface area is 362 Å². The molecule has 5 aromatic rings. The van der Waals surface area contributed by atoms with Crippen LogP contribution in [0.5, 0.6) is 0 Å². The number of carbonyl (C=O) groups excluding carboxylic acids is 1. The molecule has 57 heavy (non-hydrogen) atoms. The minimum absolute atomic E-state index is 0. The molecular formula is C52H68IrN2OS-2. The molecule has 0 atom stereocenters. The van der Waals surface area contributed by atoms with Crippen molar-refractivity contribution in [3.63, 3.8) is 0 Å². The van der Waals surface area contributed by atoms with Gasteiger partial charge in [-0.3, -0.25) is 9.78 Å². The van der Waals surface area contributed by atoms with Crippen LogP contribution >= 0.6 is 11.3 Å². The number of aromatic nitrogens is 1. The van der Waals surface area contributed by atoms with E-state index in [9.17, 15) is 4.79 Å². The van der Waals surface area contributed by atoms with E-state index in [1.165, 1.54) is 87.2 Å². The summed E-state index contributed by atoms with van der Waals surface area (Å²) in [5.74, 6) is 0.919. The Morgan fingerprint density at radius 2 is 1.46 bits per heavy atom. The third-order valence-corrected chi connectivity index (χ3v) is 14.4. The van der Waals surface area contributed by atoms with Crippen LogP contribution in [0.2, 0.25) is 0 Å². The number of fused-ring (bicyclic) bond motifs is 5. The van der Waals surface area contributed by atoms with Crippen molar-refractivity contribution >= 4 is 48.1 Å². The number of rotatable bonds is 10. The van der Waals surface area contributed by atoms with E-state index in [-0.39, 0.29) is 42.3 Å². The molecule has 0 bridgehead atoms. The summed E-state index contributed by atoms with van der Waals surface area (Å²) in [7, 11) is 0. The average Bonchev–Trinajstić information content (AvgIpc) is 3.55. The first-order chi connectivity index (χ1) is 26.6. The summed E-state index contributed by atoms with van der Waals surface area (Å²) in [6.07, 6.45) is 16.7. The minimum atomic E-state index is 0. The summed E-state index contributed by atoms with van der Waals surface area (Å²) in [6, 6.07) is 22.3. The SMILES string of the molecule is CC(C)(C)c1cc(-c2nccc3c2sc2cc4c(cc23)C(C)(C)CCC4(C)C)[c-]c2ccccc12.CCC(CC)C(=O)/C=C(\[N-]C1CCCCC1)C(CC)CC.[Ir]. The molecule has 2 aliphatic carbocycles. The topological polar surface area (TPSA) is 44.1 Å². The fourth-order valence-electron chi connectivity index (χ4n) is 9.28. The number of hydrogen-bond donors (Lipinski definition) is 0. The van der Waals surface area contributed by atoms with Gasteiger partial charge in [-0.25, -0.2) is 0 Å². The number of nitrogens with zero attached hydrogens (tertiary/aromatic N) is 2. The van der Waals surface area contributed by atoms with Gasteiger partial charge in [0.2, 0.25) is 0 Å². The van der Waals surface area contributed by atoms with Gasteiger partial charge in [0.25, 0.3) is 0 Å². The first-order valence-corrected chi connectivity index (χ1v) is 22.7. The molecule has 309 valence electrons. The van der Waals surface area contributed by atoms with Crippen LogP contribution in [0.15, 0.2) is 66.5 Å². The second kappa shape index (κ2) is 18.6. The Morgan fingerprint density at radius 1 is 0.842 bits per heavy atom. The molecule has 0 aliphatic heterocycles. The van der Waals surface area contributed by atoms with Gasteiger partial charge in [-0.15, -0.1) is 46.5 Å². The number of allylic oxidation sites excluding steroid dienone is 2. The molecule has 0 spiro atoms. The zero-order valence-electron chi connectivity index (χ0n) is 36.8. The molecule has 1 radical (unpaired) electrons. The average molecular weight is 961 g/mol. The molecule has 3 aromatic carbocycles. The zero-order chi connectivity index (χ0) is 40.4. The number of hydrogen-bond acceptors (Lipinski definition) is 3. The van der Waals surface area contributed by atoms with Crippen LogP contribution in [0.4, 0.5) is 0 Å². The van der Waals surface area contributed by atoms with E-state index in [2.05, 4.69) is 131 Å². The number of pyridine rings is 1. The van der Waals surface area contributed by atoms with E-state index in [0.717, 1.165) is 48.0 Å². The van der Waals surface area contributed by atoms with Crippen molar-refractivity contribution in [3.8, 4) is 11.3 Å². The summed E-state index contributed by atoms with van der Waals surface area (Å²) in [6.45, 7) is 25.1. The van der Waals surface area contributed by atoms with Crippen molar-refractivity contribution in [2.45, 2.75) is 169 Å². The van der Waals surface area contributed by atoms with Crippen LogP contribution in [0, 0.1) is 17.9 Å². The molecule has 0 amide bonds. The first-order valence-electron chi connectivity index (χ1n) is 21.9. The van der Waals surface area contributed by atoms with Crippen LogP contribution in [-0.4, -0.2) is 16.8 Å². The van der Waals surface area contributed by atoms with Crippen molar-refractivity contribution < 1.29 is 24.9 Å². The van der Waals surface area contributed by atoms with Gasteiger partial charge in [0, 0.05) is 52.7 Å². The van der Waals surface area contributed by atoms with Gasteiger partial charge < -0.3 is 5.32 Å². The van der Waals surface area contributed by atoms with Crippen LogP contribution < -0.4 is 0 Å². The Bertz CT molecular complexity index is 2190. The monoisotopic (exact) mass is 961 g/mol. The Balaban J connectivity index is 0.000000244. The third-order valence-electron chi connectivity index (χ3n) is 13.2. The minimum Gasteiger partial charge on any atom is -0.685 e. The molecule has 1 fully saturated rings. The van der Waals surface area contributed by atoms with Gasteiger partial charge in [-0.05, 0) is 88.6 Å². The summed E-state index contributed by atoms with van der Waals surface area (Å²) < 4.78 is 2.64. The van der Waals surface area contributed by atoms with E-state index >= 15 is 0 Å². The van der Waals surface area contributed by atoms with Gasteiger partial charge in [-0.2, -0.15) is 5.70 Å². The van der Waals surface area contributed by atoms with Crippen molar-refractivity contribution in [1.29, 1.82) is 0 Å². The molecule has 3 nitrogen and oxygen atoms in total. The van der Waals surface area contributed by atoms with E-state index in [0.29, 0.717) is 17.7 Å². The van der Waals surface area contributed by atoms with E-state index in [4.69, 9.17) is 10.3 Å². The maximum Gasteiger partial charge on any atom is 0.157 e. The van der Waals surface area contributed by atoms with Crippen molar-refractivity contribution in [2.75, 3.05) is 0 Å². The Hall–Kier alpha value is -2.85. The molecule has 2 aromatic heterocycles. The van der Waals surface area contributed by atoms with Gasteiger partial charge in [0.1, 0.15) is 0 Å². The zero-order valence-corrected chi connectivity index (χ0v) is 40.0. The van der Waals surface area contributed by atoms with E-state index in [1.54, 1.807) is 0 Å². The van der Waals surface area contributed by atoms with Crippen LogP contribution in [-0.2, 0) is 41.1 Å². The third kappa shape index (κ3) is 9.79. The van der Waals surface area contributed by atoms with E-state index in [1.807, 2.05) is 23.6 Å². The summed E-state index contributed by atoms with van der Waals surface area (Å²) in [5, 5.41) is 10.1. The van der Waals surface area contributed by atoms with Crippen molar-refractivity contribution in [1.82, 2.24) is 4.98 Å². The van der Waals surface area contributed by atoms with Gasteiger partial charge in [0.05, 0.1) is 0 Å². The van der Waals surface area contributed by atoms with Crippen LogP contribution in [0.25, 0.3) is 47.5 Å². The predicted molar refractivity (Wildman–Crippen MR) is 244 cm³/mol. The maximum atomic E-state index is 12.5. The second-order valence-corrected chi connectivity index (χ2v) is 20.2. The fraction of sp³-hybridized carbons (Fsp3) is 0.538. The Morgan fingerprint density at radius 3 is 2.07 bits per heavy atom. The van der Waals surface area contributed by atoms with Crippen molar-refractivity contribution in [2.24, 2.45) is 11.8 Å². The number of carbonyl (C=O) groups is 1. The molecule has 2 aliphatic rings. The summed E-state index contributed by atoms with van der Waals surface area (Å²) >= 11 is 1.89. The molecular weight excluding hydrogens is 893 g/mol. The molecule has 2 heterocycles. The molecule has 0 saturated heterocycles. The molecule has 7 rings (SSSR count). The predicted octanol–water partition coefficient (Wildman–Crippen LogP) is 15.7.